The van der Waals surface area contributed by atoms with Crippen LogP contribution in [0.15, 0.2) is 54.6 Å². The first-order valence-corrected chi connectivity index (χ1v) is 11.4. The van der Waals surface area contributed by atoms with Gasteiger partial charge in [0.2, 0.25) is 5.91 Å². The van der Waals surface area contributed by atoms with Crippen LogP contribution >= 0.6 is 0 Å². The highest BCUT2D eigenvalue weighted by molar-refractivity contribution is 7.89. The van der Waals surface area contributed by atoms with Crippen molar-refractivity contribution in [2.45, 2.75) is 6.42 Å². The molecule has 1 aliphatic rings. The third kappa shape index (κ3) is 4.65. The van der Waals surface area contributed by atoms with Crippen LogP contribution in [0.3, 0.4) is 0 Å². The summed E-state index contributed by atoms with van der Waals surface area (Å²) in [7, 11) is -0.682. The molecule has 0 aromatic heterocycles. The van der Waals surface area contributed by atoms with Crippen LogP contribution < -0.4 is 18.7 Å². The van der Waals surface area contributed by atoms with Gasteiger partial charge >= 0.3 is 10.2 Å². The third-order valence-electron chi connectivity index (χ3n) is 5.51. The average Bonchev–Trinajstić information content (AvgIpc) is 2.78. The van der Waals surface area contributed by atoms with Crippen molar-refractivity contribution in [1.82, 2.24) is 13.5 Å². The van der Waals surface area contributed by atoms with E-state index in [1.165, 1.54) is 7.05 Å². The van der Waals surface area contributed by atoms with Crippen LogP contribution in [0.1, 0.15) is 6.42 Å². The highest BCUT2D eigenvalue weighted by Gasteiger charge is 2.47. The summed E-state index contributed by atoms with van der Waals surface area (Å²) in [6, 6.07) is 16.6. The minimum absolute atomic E-state index is 0.0555. The average molecular weight is 434 g/mol. The number of benzene rings is 2. The lowest BCUT2D eigenvalue weighted by molar-refractivity contribution is -0.116. The zero-order valence-electron chi connectivity index (χ0n) is 17.4. The normalized spacial score (nSPS) is 16.7. The number of carbonyl (C=O) groups is 1. The van der Waals surface area contributed by atoms with Crippen molar-refractivity contribution in [3.8, 4) is 5.75 Å². The fourth-order valence-corrected chi connectivity index (χ4v) is 5.21. The number of amides is 1. The van der Waals surface area contributed by atoms with Crippen LogP contribution in [0.5, 0.6) is 5.75 Å². The monoisotopic (exact) mass is 433 g/mol. The molecule has 0 aliphatic carbocycles. The fraction of sp³-hybridized carbons (Fsp3) is 0.381. The van der Waals surface area contributed by atoms with Crippen molar-refractivity contribution in [2.75, 3.05) is 52.2 Å². The number of carbonyl (C=O) groups excluding carboxylic acids is 1. The van der Waals surface area contributed by atoms with Gasteiger partial charge in [0.15, 0.2) is 11.4 Å². The van der Waals surface area contributed by atoms with Gasteiger partial charge < -0.3 is 10.1 Å². The number of nitrogens with one attached hydrogen (secondary N) is 2. The number of methoxy groups -OCH3 is 1. The predicted octanol–water partition coefficient (Wildman–Crippen LogP) is 1.81. The number of hydrogen-bond donors (Lipinski definition) is 2. The Hall–Kier alpha value is -2.46. The second-order valence-corrected chi connectivity index (χ2v) is 9.25. The summed E-state index contributed by atoms with van der Waals surface area (Å²) >= 11 is 0. The molecule has 1 fully saturated rings. The van der Waals surface area contributed by atoms with E-state index in [9.17, 15) is 13.2 Å². The van der Waals surface area contributed by atoms with Crippen molar-refractivity contribution in [3.05, 3.63) is 54.6 Å². The molecule has 2 aromatic rings. The molecule has 1 aliphatic heterocycles. The number of piperazine rings is 1. The number of para-hydroxylation sites is 3. The van der Waals surface area contributed by atoms with E-state index in [2.05, 4.69) is 14.9 Å². The van der Waals surface area contributed by atoms with Gasteiger partial charge in [0.1, 0.15) is 13.1 Å². The smallest absolute Gasteiger partial charge is 0.374 e. The lowest BCUT2D eigenvalue weighted by atomic mass is 10.2. The standard InChI is InChI=1S/C21H28N4O4S/c1-22-30(27,28)25(19-10-6-7-11-20(19)29-2)16-14-24(15-17-25)13-12-21(26)23-18-8-4-3-5-9-18/h3-11,22H,12-17H2,1-2H3/p+1. The van der Waals surface area contributed by atoms with E-state index in [0.29, 0.717) is 50.6 Å². The maximum atomic E-state index is 13.0. The number of nitrogens with zero attached hydrogens (tertiary/aromatic N) is 2. The summed E-state index contributed by atoms with van der Waals surface area (Å²) in [6.07, 6.45) is 0.350. The van der Waals surface area contributed by atoms with Crippen molar-refractivity contribution in [1.29, 1.82) is 0 Å². The number of hydrogen-bond acceptors (Lipinski definition) is 5. The molecule has 0 atom stereocenters. The second kappa shape index (κ2) is 9.57. The first kappa shape index (κ1) is 22.2. The highest BCUT2D eigenvalue weighted by Crippen LogP contribution is 2.37. The Bertz CT molecular complexity index is 958. The fourth-order valence-electron chi connectivity index (χ4n) is 3.81. The zero-order chi connectivity index (χ0) is 21.6. The summed E-state index contributed by atoms with van der Waals surface area (Å²) in [6.45, 7) is 2.41. The van der Waals surface area contributed by atoms with Crippen molar-refractivity contribution >= 4 is 27.5 Å². The molecule has 162 valence electrons. The van der Waals surface area contributed by atoms with E-state index in [-0.39, 0.29) is 9.80 Å². The first-order chi connectivity index (χ1) is 14.4. The van der Waals surface area contributed by atoms with E-state index >= 15 is 0 Å². The predicted molar refractivity (Wildman–Crippen MR) is 119 cm³/mol. The molecule has 0 unspecified atom stereocenters. The van der Waals surface area contributed by atoms with Gasteiger partial charge in [-0.05, 0) is 18.2 Å². The van der Waals surface area contributed by atoms with Gasteiger partial charge in [0.05, 0.1) is 7.11 Å². The van der Waals surface area contributed by atoms with E-state index in [1.54, 1.807) is 19.2 Å². The van der Waals surface area contributed by atoms with Crippen molar-refractivity contribution in [3.63, 3.8) is 0 Å². The number of ether oxygens (including phenoxy) is 1. The molecular formula is C21H29N4O4S+. The van der Waals surface area contributed by atoms with Gasteiger partial charge in [-0.15, -0.1) is 0 Å². The Labute approximate surface area is 178 Å². The van der Waals surface area contributed by atoms with Crippen LogP contribution in [0.25, 0.3) is 0 Å². The Balaban J connectivity index is 1.68. The molecule has 1 heterocycles. The van der Waals surface area contributed by atoms with E-state index < -0.39 is 10.2 Å². The Morgan fingerprint density at radius 3 is 2.33 bits per heavy atom. The third-order valence-corrected chi connectivity index (χ3v) is 7.51. The number of anilines is 1. The topological polar surface area (TPSA) is 87.7 Å². The molecule has 2 aromatic carbocycles. The molecule has 1 amide bonds. The van der Waals surface area contributed by atoms with Crippen molar-refractivity contribution < 1.29 is 17.9 Å². The lowest BCUT2D eigenvalue weighted by Crippen LogP contribution is -2.66. The minimum Gasteiger partial charge on any atom is -0.491 e. The molecular weight excluding hydrogens is 404 g/mol. The lowest BCUT2D eigenvalue weighted by Gasteiger charge is -2.42. The molecule has 1 saturated heterocycles. The maximum Gasteiger partial charge on any atom is 0.374 e. The van der Waals surface area contributed by atoms with Crippen LogP contribution in [-0.2, 0) is 15.0 Å². The second-order valence-electron chi connectivity index (χ2n) is 7.19. The molecule has 30 heavy (non-hydrogen) atoms. The summed E-state index contributed by atoms with van der Waals surface area (Å²) in [5.74, 6) is 0.493. The Morgan fingerprint density at radius 1 is 1.07 bits per heavy atom. The first-order valence-electron chi connectivity index (χ1n) is 9.93. The molecule has 3 rings (SSSR count). The molecule has 0 spiro atoms. The molecule has 0 radical (unpaired) electrons. The Morgan fingerprint density at radius 2 is 1.70 bits per heavy atom. The quantitative estimate of drug-likeness (QED) is 0.620. The van der Waals surface area contributed by atoms with Gasteiger partial charge in [-0.2, -0.15) is 17.0 Å². The zero-order valence-corrected chi connectivity index (χ0v) is 18.2. The number of rotatable bonds is 8. The van der Waals surface area contributed by atoms with Gasteiger partial charge in [0, 0.05) is 44.9 Å². The number of quaternary nitrogens is 1. The van der Waals surface area contributed by atoms with Crippen LogP contribution in [0, 0.1) is 0 Å². The van der Waals surface area contributed by atoms with Gasteiger partial charge in [-0.1, -0.05) is 30.3 Å². The summed E-state index contributed by atoms with van der Waals surface area (Å²) in [5.41, 5.74) is 1.39. The van der Waals surface area contributed by atoms with Crippen LogP contribution in [-0.4, -0.2) is 66.1 Å². The SMILES string of the molecule is CNS(=O)(=O)[N+]1(c2ccccc2OC)CCN(CCC(=O)Nc2ccccc2)CC1. The van der Waals surface area contributed by atoms with E-state index in [1.807, 2.05) is 42.5 Å². The summed E-state index contributed by atoms with van der Waals surface area (Å²) in [4.78, 5) is 14.4. The van der Waals surface area contributed by atoms with E-state index in [0.717, 1.165) is 5.69 Å². The van der Waals surface area contributed by atoms with E-state index in [4.69, 9.17) is 4.74 Å². The highest BCUT2D eigenvalue weighted by atomic mass is 32.2. The van der Waals surface area contributed by atoms with Crippen LogP contribution in [0.4, 0.5) is 11.4 Å². The van der Waals surface area contributed by atoms with Gasteiger partial charge in [-0.25, -0.2) is 0 Å². The van der Waals surface area contributed by atoms with Crippen LogP contribution in [0.2, 0.25) is 0 Å². The molecule has 8 nitrogen and oxygen atoms in total. The molecule has 0 saturated carbocycles. The van der Waals surface area contributed by atoms with Gasteiger partial charge in [-0.3, -0.25) is 9.69 Å². The minimum atomic E-state index is -3.66. The molecule has 0 bridgehead atoms. The molecule has 2 N–H and O–H groups in total. The largest absolute Gasteiger partial charge is 0.491 e. The van der Waals surface area contributed by atoms with Gasteiger partial charge in [0.25, 0.3) is 0 Å². The Kier molecular flexibility index (Phi) is 7.09. The van der Waals surface area contributed by atoms with Crippen molar-refractivity contribution in [2.24, 2.45) is 0 Å². The maximum absolute atomic E-state index is 13.0. The summed E-state index contributed by atoms with van der Waals surface area (Å²) < 4.78 is 33.8. The summed E-state index contributed by atoms with van der Waals surface area (Å²) in [5, 5.41) is 2.88. The molecule has 9 heteroatoms.